The molecular weight excluding hydrogens is 304 g/mol. The molecule has 0 unspecified atom stereocenters. The van der Waals surface area contributed by atoms with Crippen molar-refractivity contribution in [1.82, 2.24) is 19.9 Å². The second-order valence-electron chi connectivity index (χ2n) is 5.21. The Balaban J connectivity index is 2.37. The number of anilines is 1. The molecule has 3 heterocycles. The summed E-state index contributed by atoms with van der Waals surface area (Å²) in [4.78, 5) is 27.0. The van der Waals surface area contributed by atoms with Gasteiger partial charge in [0.2, 0.25) is 0 Å². The average molecular weight is 337 g/mol. The van der Waals surface area contributed by atoms with Crippen LogP contribution >= 0.6 is 0 Å². The predicted octanol–water partition coefficient (Wildman–Crippen LogP) is 1.86. The number of carbonyl (C=O) groups excluding carboxylic acids is 1. The average Bonchev–Trinajstić information content (AvgIpc) is 2.95. The zero-order chi connectivity index (χ0) is 26.9. The third kappa shape index (κ3) is 2.92. The molecule has 2 atom stereocenters. The number of likely N-dealkylation sites (tertiary alicyclic amines) is 1. The molecule has 0 saturated carbocycles. The van der Waals surface area contributed by atoms with E-state index in [4.69, 9.17) is 21.7 Å². The monoisotopic (exact) mass is 337 g/mol. The van der Waals surface area contributed by atoms with Crippen LogP contribution in [0.15, 0.2) is 12.3 Å². The highest BCUT2D eigenvalue weighted by Crippen LogP contribution is 2.29. The van der Waals surface area contributed by atoms with Crippen LogP contribution in [0, 0.1) is 19.4 Å². The van der Waals surface area contributed by atoms with Crippen molar-refractivity contribution in [3.63, 3.8) is 0 Å². The second-order valence-corrected chi connectivity index (χ2v) is 5.21. The van der Waals surface area contributed by atoms with Crippen LogP contribution in [-0.4, -0.2) is 58.4 Å². The number of fused-ring (bicyclic) bond motifs is 1. The lowest BCUT2D eigenvalue weighted by Crippen LogP contribution is -2.53. The Morgan fingerprint density at radius 3 is 3.29 bits per heavy atom. The molecule has 0 bridgehead atoms. The molecule has 0 radical (unpaired) electrons. The van der Waals surface area contributed by atoms with Crippen molar-refractivity contribution in [3.05, 3.63) is 29.5 Å². The van der Waals surface area contributed by atoms with Crippen LogP contribution in [0.4, 0.5) is 5.82 Å². The van der Waals surface area contributed by atoms with Gasteiger partial charge in [0, 0.05) is 35.3 Å². The van der Waals surface area contributed by atoms with Crippen molar-refractivity contribution >= 4 is 22.8 Å². The summed E-state index contributed by atoms with van der Waals surface area (Å²) in [6, 6.07) is -2.20. The lowest BCUT2D eigenvalue weighted by atomic mass is 9.92. The number of carbonyl (C=O) groups is 1. The molecule has 1 aliphatic rings. The number of aromatic nitrogens is 3. The van der Waals surface area contributed by atoms with E-state index in [-0.39, 0.29) is 27.8 Å². The van der Waals surface area contributed by atoms with Gasteiger partial charge in [0.15, 0.2) is 0 Å². The maximum atomic E-state index is 12.7. The van der Waals surface area contributed by atoms with Gasteiger partial charge in [0.1, 0.15) is 19.1 Å². The molecule has 1 amide bonds. The lowest BCUT2D eigenvalue weighted by molar-refractivity contribution is -0.130. The largest absolute Gasteiger partial charge is 0.354 e. The van der Waals surface area contributed by atoms with E-state index in [1.54, 1.807) is 6.92 Å². The van der Waals surface area contributed by atoms with Crippen molar-refractivity contribution in [1.29, 1.82) is 0 Å². The van der Waals surface area contributed by atoms with Gasteiger partial charge < -0.3 is 19.6 Å². The number of amides is 1. The van der Waals surface area contributed by atoms with Gasteiger partial charge in [0.05, 0.1) is 15.5 Å². The molecule has 1 N–H and O–H groups in total. The number of hydrogen-bond acceptors (Lipinski definition) is 4. The highest BCUT2D eigenvalue weighted by atomic mass is 16.2. The molecule has 7 heteroatoms. The zero-order valence-corrected chi connectivity index (χ0v) is 13.0. The fraction of sp³-hybridized carbons (Fsp3) is 0.529. The van der Waals surface area contributed by atoms with Gasteiger partial charge in [-0.3, -0.25) is 4.79 Å². The molecule has 2 aromatic heterocycles. The molecule has 126 valence electrons. The summed E-state index contributed by atoms with van der Waals surface area (Å²) in [5.41, 5.74) is 0.365. The molecule has 1 saturated heterocycles. The molecule has 7 nitrogen and oxygen atoms in total. The summed E-state index contributed by atoms with van der Waals surface area (Å²) in [7, 11) is 1.17. The van der Waals surface area contributed by atoms with Crippen LogP contribution in [0.5, 0.6) is 0 Å². The minimum absolute atomic E-state index is 0.00858. The van der Waals surface area contributed by atoms with Crippen LogP contribution in [0.2, 0.25) is 0 Å². The molecule has 1 aliphatic heterocycles. The quantitative estimate of drug-likeness (QED) is 0.868. The van der Waals surface area contributed by atoms with Crippen LogP contribution in [0.25, 0.3) is 15.9 Å². The molecule has 1 fully saturated rings. The Labute approximate surface area is 157 Å². The molecule has 2 aromatic rings. The highest BCUT2D eigenvalue weighted by Gasteiger charge is 2.33. The summed E-state index contributed by atoms with van der Waals surface area (Å²) < 4.78 is 91.2. The standard InChI is InChI=1S/C17H22N6O/c1-11-5-6-23(15(24)8-18-3)9-14(11)22(4)17-13-7-12(2)21-16(13)19-10-20-17/h7,10-11,14H,5-6,8-9H2,1-2,4H3,(H,19,20,21)/t11-,14+/m1/s1/i1D3,5D2,6D2,7D,9D2,10D. The SMILES string of the molecule is [2H]c1nc(N(C)[C@@H]2[C@H](C([2H])([2H])[2H])C([2H])([2H])C([2H])([2H])N(C(=O)C[N+]#[C-])C2([2H])[2H])c2c([2H])c(C)[nH]c2n1. The van der Waals surface area contributed by atoms with Gasteiger partial charge in [-0.05, 0) is 25.3 Å². The number of rotatable bonds is 3. The number of aromatic amines is 1. The van der Waals surface area contributed by atoms with Crippen LogP contribution in [0.3, 0.4) is 0 Å². The third-order valence-corrected chi connectivity index (χ3v) is 3.52. The first-order valence-electron chi connectivity index (χ1n) is 12.5. The van der Waals surface area contributed by atoms with E-state index in [0.717, 1.165) is 4.90 Å². The first-order chi connectivity index (χ1) is 15.8. The van der Waals surface area contributed by atoms with Gasteiger partial charge in [-0.1, -0.05) is 6.85 Å². The fourth-order valence-corrected chi connectivity index (χ4v) is 2.36. The van der Waals surface area contributed by atoms with Crippen LogP contribution in [-0.2, 0) is 4.79 Å². The molecule has 0 spiro atoms. The summed E-state index contributed by atoms with van der Waals surface area (Å²) in [5.74, 6) is -3.97. The molecule has 0 aromatic carbocycles. The van der Waals surface area contributed by atoms with Gasteiger partial charge >= 0.3 is 5.91 Å². The molecular formula is C17H22N6O. The molecule has 24 heavy (non-hydrogen) atoms. The number of nitrogens with one attached hydrogen (secondary N) is 1. The van der Waals surface area contributed by atoms with Gasteiger partial charge in [-0.15, -0.1) is 0 Å². The number of piperidine rings is 1. The third-order valence-electron chi connectivity index (χ3n) is 3.52. The smallest absolute Gasteiger partial charge is 0.302 e. The topological polar surface area (TPSA) is 69.5 Å². The zero-order valence-electron chi connectivity index (χ0n) is 24.0. The second kappa shape index (κ2) is 6.48. The minimum atomic E-state index is -3.44. The first-order valence-corrected chi connectivity index (χ1v) is 7.04. The van der Waals surface area contributed by atoms with E-state index in [0.29, 0.717) is 5.69 Å². The van der Waals surface area contributed by atoms with Crippen molar-refractivity contribution in [2.24, 2.45) is 5.92 Å². The predicted molar refractivity (Wildman–Crippen MR) is 92.6 cm³/mol. The van der Waals surface area contributed by atoms with E-state index >= 15 is 0 Å². The summed E-state index contributed by atoms with van der Waals surface area (Å²) in [5, 5.41) is 0.00858. The minimum Gasteiger partial charge on any atom is -0.354 e. The van der Waals surface area contributed by atoms with Gasteiger partial charge in [-0.25, -0.2) is 16.5 Å². The molecule has 3 rings (SSSR count). The normalized spacial score (nSPS) is 34.4. The summed E-state index contributed by atoms with van der Waals surface area (Å²) in [6.45, 7) is -2.39. The number of likely N-dealkylation sites (N-methyl/N-ethyl adjacent to an activating group) is 1. The van der Waals surface area contributed by atoms with Gasteiger partial charge in [0.25, 0.3) is 6.54 Å². The van der Waals surface area contributed by atoms with Crippen LogP contribution < -0.4 is 4.90 Å². The Kier molecular flexibility index (Phi) is 2.03. The lowest BCUT2D eigenvalue weighted by Gasteiger charge is -2.41. The number of nitrogens with zero attached hydrogens (tertiary/aromatic N) is 5. The van der Waals surface area contributed by atoms with Crippen molar-refractivity contribution in [3.8, 4) is 0 Å². The Bertz CT molecular complexity index is 1220. The van der Waals surface area contributed by atoms with Crippen molar-refractivity contribution in [2.45, 2.75) is 26.2 Å². The van der Waals surface area contributed by atoms with E-state index in [1.165, 1.54) is 7.05 Å². The van der Waals surface area contributed by atoms with E-state index in [9.17, 15) is 4.79 Å². The van der Waals surface area contributed by atoms with Crippen LogP contribution in [0.1, 0.15) is 34.0 Å². The maximum absolute atomic E-state index is 12.7. The van der Waals surface area contributed by atoms with E-state index in [1.807, 2.05) is 0 Å². The van der Waals surface area contributed by atoms with Crippen molar-refractivity contribution in [2.75, 3.05) is 31.5 Å². The van der Waals surface area contributed by atoms with Crippen molar-refractivity contribution < 1.29 is 19.9 Å². The van der Waals surface area contributed by atoms with E-state index < -0.39 is 56.9 Å². The Morgan fingerprint density at radius 2 is 2.54 bits per heavy atom. The number of hydrogen-bond donors (Lipinski definition) is 1. The Morgan fingerprint density at radius 1 is 1.71 bits per heavy atom. The van der Waals surface area contributed by atoms with Gasteiger partial charge in [-0.2, -0.15) is 0 Å². The number of H-pyrrole nitrogens is 1. The summed E-state index contributed by atoms with van der Waals surface area (Å²) >= 11 is 0. The first kappa shape index (κ1) is 7.51. The summed E-state index contributed by atoms with van der Waals surface area (Å²) in [6.07, 6.45) is -3.88. The molecule has 0 aliphatic carbocycles. The highest BCUT2D eigenvalue weighted by molar-refractivity contribution is 5.88. The maximum Gasteiger partial charge on any atom is 0.302 e. The number of aryl methyl sites for hydroxylation is 1. The fourth-order valence-electron chi connectivity index (χ4n) is 2.36. The Hall–Kier alpha value is -2.62. The van der Waals surface area contributed by atoms with E-state index in [2.05, 4.69) is 19.8 Å².